The van der Waals surface area contributed by atoms with Gasteiger partial charge in [0.05, 0.1) is 22.6 Å². The number of fused-ring (bicyclic) bond motifs is 13. The Kier molecular flexibility index (Phi) is 8.45. The van der Waals surface area contributed by atoms with Crippen LogP contribution in [0.4, 0.5) is 0 Å². The van der Waals surface area contributed by atoms with E-state index in [0.717, 1.165) is 72.1 Å². The second kappa shape index (κ2) is 15.0. The van der Waals surface area contributed by atoms with Gasteiger partial charge >= 0.3 is 0 Å². The summed E-state index contributed by atoms with van der Waals surface area (Å²) in [7, 11) is 0. The van der Waals surface area contributed by atoms with Crippen LogP contribution in [-0.2, 0) is 0 Å². The Morgan fingerprint density at radius 2 is 0.851 bits per heavy atom. The van der Waals surface area contributed by atoms with Gasteiger partial charge in [0.2, 0.25) is 0 Å². The van der Waals surface area contributed by atoms with Crippen molar-refractivity contribution in [2.45, 2.75) is 0 Å². The van der Waals surface area contributed by atoms with Crippen LogP contribution in [0.1, 0.15) is 0 Å². The van der Waals surface area contributed by atoms with Crippen LogP contribution in [0.2, 0.25) is 0 Å². The van der Waals surface area contributed by atoms with Crippen LogP contribution >= 0.6 is 11.3 Å². The van der Waals surface area contributed by atoms with Crippen molar-refractivity contribution in [3.8, 4) is 56.3 Å². The number of rotatable bonds is 5. The van der Waals surface area contributed by atoms with Crippen molar-refractivity contribution in [2.24, 2.45) is 0 Å². The molecule has 0 aliphatic heterocycles. The number of benzene rings is 11. The van der Waals surface area contributed by atoms with E-state index in [4.69, 9.17) is 15.0 Å². The molecule has 0 aliphatic carbocycles. The zero-order valence-corrected chi connectivity index (χ0v) is 36.9. The fourth-order valence-electron chi connectivity index (χ4n) is 10.5. The van der Waals surface area contributed by atoms with E-state index in [9.17, 15) is 0 Å². The molecule has 0 bridgehead atoms. The molecule has 11 aromatic carbocycles. The fourth-order valence-corrected chi connectivity index (χ4v) is 11.7. The first kappa shape index (κ1) is 37.8. The first-order valence-corrected chi connectivity index (χ1v) is 23.6. The zero-order valence-electron chi connectivity index (χ0n) is 36.1. The van der Waals surface area contributed by atoms with Crippen molar-refractivity contribution in [3.63, 3.8) is 0 Å². The van der Waals surface area contributed by atoms with Gasteiger partial charge in [-0.1, -0.05) is 188 Å². The van der Waals surface area contributed by atoms with Gasteiger partial charge in [0, 0.05) is 58.6 Å². The first-order chi connectivity index (χ1) is 33.2. The Labute approximate surface area is 389 Å². The Hall–Kier alpha value is -8.57. The van der Waals surface area contributed by atoms with Crippen molar-refractivity contribution >= 4 is 96.3 Å². The van der Waals surface area contributed by atoms with E-state index in [0.29, 0.717) is 5.82 Å². The van der Waals surface area contributed by atoms with Crippen LogP contribution in [0.5, 0.6) is 0 Å². The predicted octanol–water partition coefficient (Wildman–Crippen LogP) is 17.5. The van der Waals surface area contributed by atoms with Crippen LogP contribution in [0.3, 0.4) is 0 Å². The van der Waals surface area contributed by atoms with Crippen LogP contribution in [0.15, 0.2) is 224 Å². The standard InChI is InChI=1S/C63H37N3S/c1-3-18-44-41(14-1)35-54(48-22-7-5-20-46(44)48)58-37-57(65-63(66-58)55-36-42-15-2-4-19-45(42)47-21-6-8-23-49(47)55)39-30-28-38(29-31-39)40-16-13-17-43(34-40)61-53-33-32-51-50-24-10-12-27-59(50)67-62(51)60(53)52-25-9-11-26-56(52)64-61/h1-37H. The third kappa shape index (κ3) is 6.07. The van der Waals surface area contributed by atoms with E-state index in [1.54, 1.807) is 0 Å². The number of nitrogens with zero attached hydrogens (tertiary/aromatic N) is 3. The maximum atomic E-state index is 5.47. The summed E-state index contributed by atoms with van der Waals surface area (Å²) in [6, 6.07) is 80.8. The average molecular weight is 868 g/mol. The molecule has 0 spiro atoms. The number of hydrogen-bond donors (Lipinski definition) is 0. The Balaban J connectivity index is 0.921. The highest BCUT2D eigenvalue weighted by Gasteiger charge is 2.19. The highest BCUT2D eigenvalue weighted by Crippen LogP contribution is 2.44. The summed E-state index contributed by atoms with van der Waals surface area (Å²) in [6.07, 6.45) is 0. The van der Waals surface area contributed by atoms with Crippen molar-refractivity contribution in [3.05, 3.63) is 224 Å². The first-order valence-electron chi connectivity index (χ1n) is 22.7. The highest BCUT2D eigenvalue weighted by atomic mass is 32.1. The molecule has 3 nitrogen and oxygen atoms in total. The van der Waals surface area contributed by atoms with Crippen molar-refractivity contribution in [2.75, 3.05) is 0 Å². The molecule has 0 N–H and O–H groups in total. The lowest BCUT2D eigenvalue weighted by atomic mass is 9.94. The van der Waals surface area contributed by atoms with Gasteiger partial charge in [-0.2, -0.15) is 0 Å². The van der Waals surface area contributed by atoms with Gasteiger partial charge in [-0.05, 0) is 90.6 Å². The summed E-state index contributed by atoms with van der Waals surface area (Å²) < 4.78 is 2.61. The van der Waals surface area contributed by atoms with Crippen molar-refractivity contribution in [1.82, 2.24) is 15.0 Å². The lowest BCUT2D eigenvalue weighted by Crippen LogP contribution is -1.98. The second-order valence-corrected chi connectivity index (χ2v) is 18.5. The number of hydrogen-bond acceptors (Lipinski definition) is 4. The van der Waals surface area contributed by atoms with Crippen LogP contribution in [0.25, 0.3) is 141 Å². The minimum Gasteiger partial charge on any atom is -0.247 e. The molecule has 67 heavy (non-hydrogen) atoms. The molecule has 0 saturated carbocycles. The van der Waals surface area contributed by atoms with Crippen LogP contribution in [0, 0.1) is 0 Å². The SMILES string of the molecule is c1cc(-c2ccc(-c3cc(-c4cc5ccccc5c5ccccc45)nc(-c4cc5ccccc5c5ccccc45)n3)cc2)cc(-c2nc3ccccc3c3c2ccc2c4ccccc4sc23)c1. The lowest BCUT2D eigenvalue weighted by Gasteiger charge is -2.15. The molecular formula is C63H37N3S. The molecule has 3 heterocycles. The van der Waals surface area contributed by atoms with E-state index in [1.165, 1.54) is 63.3 Å². The molecule has 3 aromatic heterocycles. The zero-order chi connectivity index (χ0) is 44.0. The molecule has 14 aromatic rings. The predicted molar refractivity (Wildman–Crippen MR) is 285 cm³/mol. The van der Waals surface area contributed by atoms with Gasteiger partial charge in [-0.25, -0.2) is 15.0 Å². The summed E-state index contributed by atoms with van der Waals surface area (Å²) >= 11 is 1.87. The number of thiophene rings is 1. The average Bonchev–Trinajstić information content (AvgIpc) is 3.79. The Bertz CT molecular complexity index is 4200. The van der Waals surface area contributed by atoms with E-state index < -0.39 is 0 Å². The summed E-state index contributed by atoms with van der Waals surface area (Å²) in [5, 5.41) is 15.7. The molecule has 310 valence electrons. The highest BCUT2D eigenvalue weighted by molar-refractivity contribution is 7.26. The lowest BCUT2D eigenvalue weighted by molar-refractivity contribution is 1.19. The van der Waals surface area contributed by atoms with E-state index in [2.05, 4.69) is 224 Å². The van der Waals surface area contributed by atoms with Crippen LogP contribution < -0.4 is 0 Å². The van der Waals surface area contributed by atoms with E-state index in [-0.39, 0.29) is 0 Å². The summed E-state index contributed by atoms with van der Waals surface area (Å²) in [6.45, 7) is 0. The maximum Gasteiger partial charge on any atom is 0.161 e. The molecule has 0 saturated heterocycles. The monoisotopic (exact) mass is 867 g/mol. The largest absolute Gasteiger partial charge is 0.247 e. The van der Waals surface area contributed by atoms with E-state index >= 15 is 0 Å². The van der Waals surface area contributed by atoms with Gasteiger partial charge in [-0.15, -0.1) is 11.3 Å². The van der Waals surface area contributed by atoms with Gasteiger partial charge in [-0.3, -0.25) is 0 Å². The molecule has 14 rings (SSSR count). The van der Waals surface area contributed by atoms with Crippen molar-refractivity contribution < 1.29 is 0 Å². The third-order valence-electron chi connectivity index (χ3n) is 13.6. The second-order valence-electron chi connectivity index (χ2n) is 17.4. The van der Waals surface area contributed by atoms with Crippen LogP contribution in [-0.4, -0.2) is 15.0 Å². The topological polar surface area (TPSA) is 38.7 Å². The number of aromatic nitrogens is 3. The summed E-state index contributed by atoms with van der Waals surface area (Å²) in [5.74, 6) is 0.700. The van der Waals surface area contributed by atoms with Gasteiger partial charge in [0.15, 0.2) is 5.82 Å². The molecule has 0 unspecified atom stereocenters. The van der Waals surface area contributed by atoms with Gasteiger partial charge < -0.3 is 0 Å². The van der Waals surface area contributed by atoms with E-state index in [1.807, 2.05) is 11.3 Å². The molecule has 0 amide bonds. The Morgan fingerprint density at radius 3 is 1.60 bits per heavy atom. The number of pyridine rings is 1. The molecule has 0 radical (unpaired) electrons. The minimum atomic E-state index is 0.700. The molecule has 0 aliphatic rings. The molecular weight excluding hydrogens is 831 g/mol. The van der Waals surface area contributed by atoms with Gasteiger partial charge in [0.1, 0.15) is 0 Å². The summed E-state index contributed by atoms with van der Waals surface area (Å²) in [4.78, 5) is 16.2. The fraction of sp³-hybridized carbons (Fsp3) is 0. The Morgan fingerprint density at radius 1 is 0.299 bits per heavy atom. The number of para-hydroxylation sites is 1. The molecule has 4 heteroatoms. The summed E-state index contributed by atoms with van der Waals surface area (Å²) in [5.41, 5.74) is 10.2. The normalized spacial score (nSPS) is 11.9. The molecule has 0 fully saturated rings. The van der Waals surface area contributed by atoms with Gasteiger partial charge in [0.25, 0.3) is 0 Å². The smallest absolute Gasteiger partial charge is 0.161 e. The van der Waals surface area contributed by atoms with Crippen molar-refractivity contribution in [1.29, 1.82) is 0 Å². The minimum absolute atomic E-state index is 0.700. The molecule has 0 atom stereocenters. The maximum absolute atomic E-state index is 5.47. The quantitative estimate of drug-likeness (QED) is 0.162. The third-order valence-corrected chi connectivity index (χ3v) is 14.8.